The van der Waals surface area contributed by atoms with Crippen LogP contribution in [0.5, 0.6) is 0 Å². The van der Waals surface area contributed by atoms with Crippen molar-refractivity contribution in [1.82, 2.24) is 15.6 Å². The van der Waals surface area contributed by atoms with Crippen LogP contribution in [-0.2, 0) is 16.0 Å². The molecular formula is C23H27N5O4. The van der Waals surface area contributed by atoms with Gasteiger partial charge in [0.25, 0.3) is 5.91 Å². The summed E-state index contributed by atoms with van der Waals surface area (Å²) in [6, 6.07) is 12.8. The Morgan fingerprint density at radius 1 is 1.12 bits per heavy atom. The van der Waals surface area contributed by atoms with Crippen LogP contribution in [0.25, 0.3) is 0 Å². The highest BCUT2D eigenvalue weighted by Crippen LogP contribution is 2.12. The number of benzene rings is 1. The van der Waals surface area contributed by atoms with Crippen LogP contribution < -0.4 is 16.0 Å². The van der Waals surface area contributed by atoms with Gasteiger partial charge in [0.05, 0.1) is 12.7 Å². The molecule has 168 valence electrons. The molecule has 9 nitrogen and oxygen atoms in total. The van der Waals surface area contributed by atoms with Crippen molar-refractivity contribution >= 4 is 23.6 Å². The molecule has 2 aromatic rings. The summed E-state index contributed by atoms with van der Waals surface area (Å²) in [7, 11) is 0. The number of hydrogen-bond donors (Lipinski definition) is 3. The minimum absolute atomic E-state index is 0.123. The van der Waals surface area contributed by atoms with Gasteiger partial charge in [-0.2, -0.15) is 5.26 Å². The predicted octanol–water partition coefficient (Wildman–Crippen LogP) is 2.66. The van der Waals surface area contributed by atoms with E-state index in [-0.39, 0.29) is 19.1 Å². The number of carbonyl (C=O) groups is 3. The Morgan fingerprint density at radius 3 is 2.50 bits per heavy atom. The summed E-state index contributed by atoms with van der Waals surface area (Å²) in [4.78, 5) is 40.9. The van der Waals surface area contributed by atoms with E-state index in [1.54, 1.807) is 30.5 Å². The van der Waals surface area contributed by atoms with Crippen LogP contribution in [-0.4, -0.2) is 42.1 Å². The fraction of sp³-hybridized carbons (Fsp3) is 0.348. The second-order valence-electron chi connectivity index (χ2n) is 7.44. The zero-order valence-electron chi connectivity index (χ0n) is 18.1. The first-order chi connectivity index (χ1) is 15.4. The minimum Gasteiger partial charge on any atom is -0.449 e. The highest BCUT2D eigenvalue weighted by atomic mass is 16.5. The Labute approximate surface area is 187 Å². The van der Waals surface area contributed by atoms with Crippen LogP contribution in [0.2, 0.25) is 0 Å². The fourth-order valence-electron chi connectivity index (χ4n) is 2.85. The van der Waals surface area contributed by atoms with Crippen LogP contribution >= 0.6 is 0 Å². The lowest BCUT2D eigenvalue weighted by atomic mass is 10.0. The quantitative estimate of drug-likeness (QED) is 0.489. The average molecular weight is 438 g/mol. The van der Waals surface area contributed by atoms with Crippen molar-refractivity contribution in [1.29, 1.82) is 5.26 Å². The van der Waals surface area contributed by atoms with Gasteiger partial charge in [0.2, 0.25) is 5.91 Å². The summed E-state index contributed by atoms with van der Waals surface area (Å²) in [6.07, 6.45) is 2.01. The molecule has 1 unspecified atom stereocenters. The van der Waals surface area contributed by atoms with E-state index in [0.717, 1.165) is 5.69 Å². The maximum absolute atomic E-state index is 12.6. The molecule has 1 heterocycles. The molecule has 1 atom stereocenters. The molecule has 0 aliphatic carbocycles. The topological polar surface area (TPSA) is 133 Å². The van der Waals surface area contributed by atoms with E-state index in [4.69, 9.17) is 10.00 Å². The van der Waals surface area contributed by atoms with Gasteiger partial charge in [-0.05, 0) is 48.7 Å². The van der Waals surface area contributed by atoms with Gasteiger partial charge in [0, 0.05) is 29.6 Å². The Hall–Kier alpha value is -3.93. The monoisotopic (exact) mass is 437 g/mol. The largest absolute Gasteiger partial charge is 0.449 e. The van der Waals surface area contributed by atoms with Gasteiger partial charge in [0.15, 0.2) is 0 Å². The van der Waals surface area contributed by atoms with E-state index in [2.05, 4.69) is 20.9 Å². The summed E-state index contributed by atoms with van der Waals surface area (Å²) < 4.78 is 5.14. The summed E-state index contributed by atoms with van der Waals surface area (Å²) >= 11 is 0. The Balaban J connectivity index is 1.86. The summed E-state index contributed by atoms with van der Waals surface area (Å²) in [5.41, 5.74) is 1.63. The third-order valence-electron chi connectivity index (χ3n) is 4.38. The maximum Gasteiger partial charge on any atom is 0.411 e. The van der Waals surface area contributed by atoms with E-state index < -0.39 is 23.9 Å². The molecule has 1 aromatic carbocycles. The first kappa shape index (κ1) is 24.3. The van der Waals surface area contributed by atoms with Crippen molar-refractivity contribution in [3.63, 3.8) is 0 Å². The van der Waals surface area contributed by atoms with Gasteiger partial charge in [0.1, 0.15) is 12.6 Å². The van der Waals surface area contributed by atoms with E-state index >= 15 is 0 Å². The highest BCUT2D eigenvalue weighted by molar-refractivity contribution is 5.98. The molecule has 0 fully saturated rings. The molecule has 0 saturated carbocycles. The standard InChI is InChI=1S/C23H27N5O4/c1-16(2)15-20(22(30)26-13-11-24)28-21(29)17-6-8-19(9-7-17)27-23(31)32-14-10-18-5-3-4-12-25-18/h3-9,12,16,20H,10,13-15H2,1-2H3,(H,26,30)(H,27,31)(H,28,29). The maximum atomic E-state index is 12.6. The molecule has 32 heavy (non-hydrogen) atoms. The predicted molar refractivity (Wildman–Crippen MR) is 119 cm³/mol. The molecule has 1 aromatic heterocycles. The molecule has 0 spiro atoms. The molecule has 2 rings (SSSR count). The van der Waals surface area contributed by atoms with Crippen molar-refractivity contribution in [3.05, 3.63) is 59.9 Å². The van der Waals surface area contributed by atoms with Gasteiger partial charge in [-0.25, -0.2) is 4.79 Å². The number of hydrogen-bond acceptors (Lipinski definition) is 6. The normalized spacial score (nSPS) is 11.2. The third kappa shape index (κ3) is 8.44. The fourth-order valence-corrected chi connectivity index (χ4v) is 2.85. The average Bonchev–Trinajstić information content (AvgIpc) is 2.77. The molecule has 9 heteroatoms. The zero-order chi connectivity index (χ0) is 23.3. The number of nitrogens with zero attached hydrogens (tertiary/aromatic N) is 2. The molecular weight excluding hydrogens is 410 g/mol. The summed E-state index contributed by atoms with van der Waals surface area (Å²) in [5, 5.41) is 16.4. The van der Waals surface area contributed by atoms with E-state index in [9.17, 15) is 14.4 Å². The number of ether oxygens (including phenoxy) is 1. The van der Waals surface area contributed by atoms with Crippen LogP contribution in [0.3, 0.4) is 0 Å². The van der Waals surface area contributed by atoms with Crippen molar-refractivity contribution in [3.8, 4) is 6.07 Å². The number of carbonyl (C=O) groups excluding carboxylic acids is 3. The van der Waals surface area contributed by atoms with Gasteiger partial charge < -0.3 is 15.4 Å². The van der Waals surface area contributed by atoms with E-state index in [1.165, 1.54) is 0 Å². The summed E-state index contributed by atoms with van der Waals surface area (Å²) in [6.45, 7) is 3.94. The zero-order valence-corrected chi connectivity index (χ0v) is 18.1. The molecule has 3 N–H and O–H groups in total. The minimum atomic E-state index is -0.747. The number of nitriles is 1. The molecule has 3 amide bonds. The lowest BCUT2D eigenvalue weighted by Crippen LogP contribution is -2.47. The number of aromatic nitrogens is 1. The van der Waals surface area contributed by atoms with Crippen molar-refractivity contribution in [2.24, 2.45) is 5.92 Å². The number of rotatable bonds is 10. The van der Waals surface area contributed by atoms with Crippen LogP contribution in [0, 0.1) is 17.2 Å². The van der Waals surface area contributed by atoms with Crippen LogP contribution in [0.1, 0.15) is 36.3 Å². The first-order valence-electron chi connectivity index (χ1n) is 10.3. The highest BCUT2D eigenvalue weighted by Gasteiger charge is 2.22. The number of anilines is 1. The van der Waals surface area contributed by atoms with E-state index in [0.29, 0.717) is 24.1 Å². The molecule has 0 bridgehead atoms. The second kappa shape index (κ2) is 12.7. The van der Waals surface area contributed by atoms with Gasteiger partial charge in [-0.3, -0.25) is 19.9 Å². The van der Waals surface area contributed by atoms with Gasteiger partial charge in [-0.15, -0.1) is 0 Å². The molecule has 0 saturated heterocycles. The molecule has 0 aliphatic heterocycles. The van der Waals surface area contributed by atoms with Crippen molar-refractivity contribution < 1.29 is 19.1 Å². The summed E-state index contributed by atoms with van der Waals surface area (Å²) in [5.74, 6) is -0.657. The number of pyridine rings is 1. The second-order valence-corrected chi connectivity index (χ2v) is 7.44. The Bertz CT molecular complexity index is 939. The number of nitrogens with one attached hydrogen (secondary N) is 3. The number of amides is 3. The lowest BCUT2D eigenvalue weighted by molar-refractivity contribution is -0.123. The van der Waals surface area contributed by atoms with Crippen LogP contribution in [0.15, 0.2) is 48.7 Å². The first-order valence-corrected chi connectivity index (χ1v) is 10.3. The van der Waals surface area contributed by atoms with Crippen molar-refractivity contribution in [2.75, 3.05) is 18.5 Å². The van der Waals surface area contributed by atoms with Crippen LogP contribution in [0.4, 0.5) is 10.5 Å². The van der Waals surface area contributed by atoms with Crippen molar-refractivity contribution in [2.45, 2.75) is 32.7 Å². The van der Waals surface area contributed by atoms with Gasteiger partial charge >= 0.3 is 6.09 Å². The Kier molecular flexibility index (Phi) is 9.66. The molecule has 0 aliphatic rings. The Morgan fingerprint density at radius 2 is 1.88 bits per heavy atom. The smallest absolute Gasteiger partial charge is 0.411 e. The SMILES string of the molecule is CC(C)CC(NC(=O)c1ccc(NC(=O)OCCc2ccccn2)cc1)C(=O)NCC#N. The lowest BCUT2D eigenvalue weighted by Gasteiger charge is -2.19. The van der Waals surface area contributed by atoms with Gasteiger partial charge in [-0.1, -0.05) is 19.9 Å². The molecule has 0 radical (unpaired) electrons. The van der Waals surface area contributed by atoms with E-state index in [1.807, 2.05) is 38.1 Å². The third-order valence-corrected chi connectivity index (χ3v) is 4.38.